The first-order chi connectivity index (χ1) is 9.93. The summed E-state index contributed by atoms with van der Waals surface area (Å²) in [6.07, 6.45) is 0.460. The van der Waals surface area contributed by atoms with E-state index in [4.69, 9.17) is 5.26 Å². The van der Waals surface area contributed by atoms with Crippen LogP contribution in [0.4, 0.5) is 0 Å². The highest BCUT2D eigenvalue weighted by atomic mass is 16.3. The zero-order valence-electron chi connectivity index (χ0n) is 12.1. The molecule has 1 aromatic carbocycles. The molecule has 1 atom stereocenters. The molecule has 1 rings (SSSR count). The molecule has 0 saturated heterocycles. The number of rotatable bonds is 6. The van der Waals surface area contributed by atoms with Gasteiger partial charge in [0.2, 0.25) is 5.91 Å². The van der Waals surface area contributed by atoms with Crippen molar-refractivity contribution in [2.24, 2.45) is 5.92 Å². The van der Waals surface area contributed by atoms with Crippen LogP contribution in [0.5, 0.6) is 5.75 Å². The van der Waals surface area contributed by atoms with Gasteiger partial charge in [0.1, 0.15) is 18.3 Å². The molecule has 21 heavy (non-hydrogen) atoms. The molecule has 2 amide bonds. The molecule has 0 aliphatic heterocycles. The van der Waals surface area contributed by atoms with Gasteiger partial charge in [0, 0.05) is 5.56 Å². The Morgan fingerprint density at radius 2 is 2.10 bits per heavy atom. The normalized spacial score (nSPS) is 11.5. The Labute approximate surface area is 123 Å². The van der Waals surface area contributed by atoms with Gasteiger partial charge >= 0.3 is 0 Å². The Hall–Kier alpha value is -2.55. The van der Waals surface area contributed by atoms with E-state index in [1.165, 1.54) is 12.1 Å². The van der Waals surface area contributed by atoms with Crippen LogP contribution in [0.1, 0.15) is 30.6 Å². The van der Waals surface area contributed by atoms with Gasteiger partial charge in [-0.05, 0) is 30.5 Å². The molecule has 0 saturated carbocycles. The Morgan fingerprint density at radius 1 is 1.38 bits per heavy atom. The number of carbonyl (C=O) groups is 2. The molecule has 0 aliphatic rings. The molecule has 0 radical (unpaired) electrons. The maximum atomic E-state index is 12.1. The minimum Gasteiger partial charge on any atom is -0.508 e. The van der Waals surface area contributed by atoms with Crippen molar-refractivity contribution in [1.82, 2.24) is 10.6 Å². The van der Waals surface area contributed by atoms with Gasteiger partial charge in [0.15, 0.2) is 0 Å². The van der Waals surface area contributed by atoms with Crippen LogP contribution < -0.4 is 10.6 Å². The molecule has 0 bridgehead atoms. The molecule has 0 spiro atoms. The fourth-order valence-electron chi connectivity index (χ4n) is 1.84. The van der Waals surface area contributed by atoms with E-state index < -0.39 is 17.9 Å². The zero-order chi connectivity index (χ0) is 15.8. The number of hydrogen-bond acceptors (Lipinski definition) is 4. The lowest BCUT2D eigenvalue weighted by Crippen LogP contribution is -2.47. The second-order valence-corrected chi connectivity index (χ2v) is 5.08. The molecule has 0 aromatic heterocycles. The van der Waals surface area contributed by atoms with Gasteiger partial charge in [-0.15, -0.1) is 0 Å². The second-order valence-electron chi connectivity index (χ2n) is 5.08. The molecular formula is C15H19N3O3. The van der Waals surface area contributed by atoms with Crippen molar-refractivity contribution >= 4 is 11.8 Å². The van der Waals surface area contributed by atoms with Crippen molar-refractivity contribution < 1.29 is 14.7 Å². The van der Waals surface area contributed by atoms with E-state index in [1.54, 1.807) is 12.1 Å². The van der Waals surface area contributed by atoms with E-state index in [-0.39, 0.29) is 23.8 Å². The van der Waals surface area contributed by atoms with E-state index >= 15 is 0 Å². The lowest BCUT2D eigenvalue weighted by Gasteiger charge is -2.19. The van der Waals surface area contributed by atoms with Crippen LogP contribution in [0, 0.1) is 17.2 Å². The standard InChI is InChI=1S/C15H19N3O3/c1-10(2)8-13(15(21)17-7-6-16)18-14(20)11-4-3-5-12(19)9-11/h3-5,9-10,13,19H,7-8H2,1-2H3,(H,17,21)(H,18,20). The Bertz CT molecular complexity index is 549. The van der Waals surface area contributed by atoms with Crippen LogP contribution in [-0.2, 0) is 4.79 Å². The second kappa shape index (κ2) is 7.90. The van der Waals surface area contributed by atoms with Crippen molar-refractivity contribution in [3.63, 3.8) is 0 Å². The topological polar surface area (TPSA) is 102 Å². The smallest absolute Gasteiger partial charge is 0.252 e. The van der Waals surface area contributed by atoms with Crippen LogP contribution >= 0.6 is 0 Å². The number of amides is 2. The predicted octanol–water partition coefficient (Wildman–Crippen LogP) is 1.18. The maximum Gasteiger partial charge on any atom is 0.252 e. The number of carbonyl (C=O) groups excluding carboxylic acids is 2. The number of nitrogens with zero attached hydrogens (tertiary/aromatic N) is 1. The van der Waals surface area contributed by atoms with Gasteiger partial charge < -0.3 is 15.7 Å². The van der Waals surface area contributed by atoms with Crippen molar-refractivity contribution in [2.75, 3.05) is 6.54 Å². The van der Waals surface area contributed by atoms with Gasteiger partial charge in [0.25, 0.3) is 5.91 Å². The third-order valence-corrected chi connectivity index (χ3v) is 2.78. The van der Waals surface area contributed by atoms with Crippen LogP contribution in [0.3, 0.4) is 0 Å². The number of nitrogens with one attached hydrogen (secondary N) is 2. The number of hydrogen-bond donors (Lipinski definition) is 3. The van der Waals surface area contributed by atoms with Crippen molar-refractivity contribution in [3.05, 3.63) is 29.8 Å². The lowest BCUT2D eigenvalue weighted by molar-refractivity contribution is -0.123. The summed E-state index contributed by atoms with van der Waals surface area (Å²) in [5, 5.41) is 22.9. The van der Waals surface area contributed by atoms with E-state index in [2.05, 4.69) is 10.6 Å². The average molecular weight is 289 g/mol. The minimum absolute atomic E-state index is 0.0167. The van der Waals surface area contributed by atoms with Crippen molar-refractivity contribution in [3.8, 4) is 11.8 Å². The van der Waals surface area contributed by atoms with Crippen LogP contribution in [-0.4, -0.2) is 29.5 Å². The van der Waals surface area contributed by atoms with Crippen LogP contribution in [0.15, 0.2) is 24.3 Å². The highest BCUT2D eigenvalue weighted by Crippen LogP contribution is 2.12. The molecule has 112 valence electrons. The Morgan fingerprint density at radius 3 is 2.67 bits per heavy atom. The van der Waals surface area contributed by atoms with Gasteiger partial charge in [-0.2, -0.15) is 5.26 Å². The number of phenolic OH excluding ortho intramolecular Hbond substituents is 1. The van der Waals surface area contributed by atoms with Crippen molar-refractivity contribution in [2.45, 2.75) is 26.3 Å². The summed E-state index contributed by atoms with van der Waals surface area (Å²) in [7, 11) is 0. The van der Waals surface area contributed by atoms with Crippen LogP contribution in [0.2, 0.25) is 0 Å². The Kier molecular flexibility index (Phi) is 6.21. The Balaban J connectivity index is 2.78. The average Bonchev–Trinajstić information content (AvgIpc) is 2.43. The van der Waals surface area contributed by atoms with E-state index in [1.807, 2.05) is 19.9 Å². The fraction of sp³-hybridized carbons (Fsp3) is 0.400. The fourth-order valence-corrected chi connectivity index (χ4v) is 1.84. The third kappa shape index (κ3) is 5.53. The zero-order valence-corrected chi connectivity index (χ0v) is 12.1. The highest BCUT2D eigenvalue weighted by molar-refractivity contribution is 5.97. The van der Waals surface area contributed by atoms with E-state index in [9.17, 15) is 14.7 Å². The molecular weight excluding hydrogens is 270 g/mol. The first-order valence-corrected chi connectivity index (χ1v) is 6.68. The number of aromatic hydroxyl groups is 1. The number of benzene rings is 1. The summed E-state index contributed by atoms with van der Waals surface area (Å²) in [5.74, 6) is -0.647. The van der Waals surface area contributed by atoms with E-state index in [0.717, 1.165) is 0 Å². The molecule has 1 unspecified atom stereocenters. The maximum absolute atomic E-state index is 12.1. The van der Waals surface area contributed by atoms with Gasteiger partial charge in [-0.25, -0.2) is 0 Å². The molecule has 0 fully saturated rings. The SMILES string of the molecule is CC(C)CC(NC(=O)c1cccc(O)c1)C(=O)NCC#N. The number of phenols is 1. The highest BCUT2D eigenvalue weighted by Gasteiger charge is 2.22. The minimum atomic E-state index is -0.715. The van der Waals surface area contributed by atoms with Crippen LogP contribution in [0.25, 0.3) is 0 Å². The molecule has 0 heterocycles. The predicted molar refractivity (Wildman–Crippen MR) is 77.4 cm³/mol. The van der Waals surface area contributed by atoms with Gasteiger partial charge in [-0.3, -0.25) is 9.59 Å². The first-order valence-electron chi connectivity index (χ1n) is 6.68. The molecule has 6 nitrogen and oxygen atoms in total. The summed E-state index contributed by atoms with van der Waals surface area (Å²) >= 11 is 0. The van der Waals surface area contributed by atoms with Crippen molar-refractivity contribution in [1.29, 1.82) is 5.26 Å². The van der Waals surface area contributed by atoms with E-state index in [0.29, 0.717) is 6.42 Å². The molecule has 3 N–H and O–H groups in total. The first kappa shape index (κ1) is 16.5. The largest absolute Gasteiger partial charge is 0.508 e. The molecule has 1 aromatic rings. The third-order valence-electron chi connectivity index (χ3n) is 2.78. The monoisotopic (exact) mass is 289 g/mol. The van der Waals surface area contributed by atoms with Gasteiger partial charge in [-0.1, -0.05) is 19.9 Å². The summed E-state index contributed by atoms with van der Waals surface area (Å²) in [5.41, 5.74) is 0.275. The summed E-state index contributed by atoms with van der Waals surface area (Å²) in [6.45, 7) is 3.77. The summed E-state index contributed by atoms with van der Waals surface area (Å²) in [6, 6.07) is 7.00. The quantitative estimate of drug-likeness (QED) is 0.684. The summed E-state index contributed by atoms with van der Waals surface area (Å²) in [4.78, 5) is 24.0. The molecule has 6 heteroatoms. The van der Waals surface area contributed by atoms with Gasteiger partial charge in [0.05, 0.1) is 6.07 Å². The molecule has 0 aliphatic carbocycles. The lowest BCUT2D eigenvalue weighted by atomic mass is 10.0. The summed E-state index contributed by atoms with van der Waals surface area (Å²) < 4.78 is 0. The number of nitriles is 1.